The zero-order valence-electron chi connectivity index (χ0n) is 10.2. The van der Waals surface area contributed by atoms with Crippen LogP contribution in [0, 0.1) is 5.92 Å². The Morgan fingerprint density at radius 2 is 1.94 bits per heavy atom. The zero-order valence-corrected chi connectivity index (χ0v) is 11.1. The lowest BCUT2D eigenvalue weighted by Gasteiger charge is -2.21. The Morgan fingerprint density at radius 1 is 1.29 bits per heavy atom. The average molecular weight is 249 g/mol. The molecule has 1 heterocycles. The molecule has 1 fully saturated rings. The fourth-order valence-corrected chi connectivity index (χ4v) is 2.65. The number of hydrogen-bond acceptors (Lipinski definition) is 3. The molecular weight excluding hydrogens is 230 g/mol. The van der Waals surface area contributed by atoms with Crippen LogP contribution in [0.3, 0.4) is 0 Å². The van der Waals surface area contributed by atoms with E-state index in [4.69, 9.17) is 0 Å². The minimum atomic E-state index is 0.296. The first-order valence-electron chi connectivity index (χ1n) is 6.17. The smallest absolute Gasteiger partial charge is 0.163 e. The molecule has 1 aromatic carbocycles. The van der Waals surface area contributed by atoms with Gasteiger partial charge < -0.3 is 5.32 Å². The molecule has 1 saturated heterocycles. The Hall–Kier alpha value is -0.800. The monoisotopic (exact) mass is 249 g/mol. The highest BCUT2D eigenvalue weighted by Crippen LogP contribution is 2.20. The Balaban J connectivity index is 1.93. The van der Waals surface area contributed by atoms with E-state index < -0.39 is 0 Å². The number of carbonyl (C=O) groups is 1. The van der Waals surface area contributed by atoms with E-state index >= 15 is 0 Å². The van der Waals surface area contributed by atoms with E-state index in [0.717, 1.165) is 31.5 Å². The van der Waals surface area contributed by atoms with E-state index in [-0.39, 0.29) is 0 Å². The lowest BCUT2D eigenvalue weighted by Crippen LogP contribution is -2.28. The second-order valence-electron chi connectivity index (χ2n) is 4.55. The van der Waals surface area contributed by atoms with Crippen molar-refractivity contribution in [1.29, 1.82) is 0 Å². The van der Waals surface area contributed by atoms with Crippen molar-refractivity contribution in [3.05, 3.63) is 29.8 Å². The van der Waals surface area contributed by atoms with Crippen LogP contribution in [0.1, 0.15) is 29.6 Å². The molecule has 1 aliphatic heterocycles. The van der Waals surface area contributed by atoms with Crippen molar-refractivity contribution in [3.63, 3.8) is 0 Å². The summed E-state index contributed by atoms with van der Waals surface area (Å²) >= 11 is 1.71. The predicted octanol–water partition coefficient (Wildman–Crippen LogP) is 2.98. The molecule has 1 aliphatic rings. The summed E-state index contributed by atoms with van der Waals surface area (Å²) in [4.78, 5) is 13.3. The lowest BCUT2D eigenvalue weighted by molar-refractivity contribution is 0.0952. The minimum absolute atomic E-state index is 0.296. The number of piperidine rings is 1. The summed E-state index contributed by atoms with van der Waals surface area (Å²) < 4.78 is 0. The molecule has 0 atom stereocenters. The number of carbonyl (C=O) groups excluding carboxylic acids is 1. The van der Waals surface area contributed by atoms with Gasteiger partial charge in [-0.25, -0.2) is 0 Å². The molecular formula is C14H19NOS. The van der Waals surface area contributed by atoms with Crippen molar-refractivity contribution in [2.24, 2.45) is 5.92 Å². The van der Waals surface area contributed by atoms with Gasteiger partial charge in [0.05, 0.1) is 0 Å². The van der Waals surface area contributed by atoms with E-state index in [1.165, 1.54) is 4.90 Å². The summed E-state index contributed by atoms with van der Waals surface area (Å²) in [6, 6.07) is 7.96. The van der Waals surface area contributed by atoms with Crippen molar-refractivity contribution in [2.75, 3.05) is 19.3 Å². The molecule has 0 bridgehead atoms. The average Bonchev–Trinajstić information content (AvgIpc) is 2.40. The SMILES string of the molecule is CSc1ccc(C(=O)CC2CCNCC2)cc1. The Labute approximate surface area is 107 Å². The molecule has 0 amide bonds. The van der Waals surface area contributed by atoms with Crippen LogP contribution in [0.15, 0.2) is 29.2 Å². The second kappa shape index (κ2) is 6.22. The fourth-order valence-electron chi connectivity index (χ4n) is 2.24. The van der Waals surface area contributed by atoms with E-state index in [0.29, 0.717) is 18.1 Å². The van der Waals surface area contributed by atoms with Gasteiger partial charge in [-0.1, -0.05) is 12.1 Å². The van der Waals surface area contributed by atoms with Crippen LogP contribution in [-0.2, 0) is 0 Å². The Morgan fingerprint density at radius 3 is 2.53 bits per heavy atom. The van der Waals surface area contributed by atoms with Crippen LogP contribution in [0.5, 0.6) is 0 Å². The maximum absolute atomic E-state index is 12.1. The third kappa shape index (κ3) is 3.58. The summed E-state index contributed by atoms with van der Waals surface area (Å²) in [5, 5.41) is 3.33. The fraction of sp³-hybridized carbons (Fsp3) is 0.500. The van der Waals surface area contributed by atoms with E-state index in [9.17, 15) is 4.79 Å². The summed E-state index contributed by atoms with van der Waals surface area (Å²) in [6.45, 7) is 2.12. The van der Waals surface area contributed by atoms with Gasteiger partial charge in [-0.3, -0.25) is 4.79 Å². The standard InChI is InChI=1S/C14H19NOS/c1-17-13-4-2-12(3-5-13)14(16)10-11-6-8-15-9-7-11/h2-5,11,15H,6-10H2,1H3. The van der Waals surface area contributed by atoms with E-state index in [1.54, 1.807) is 11.8 Å². The number of ketones is 1. The van der Waals surface area contributed by atoms with Gasteiger partial charge in [0.1, 0.15) is 0 Å². The summed E-state index contributed by atoms with van der Waals surface area (Å²) in [5.74, 6) is 0.869. The first kappa shape index (κ1) is 12.7. The highest BCUT2D eigenvalue weighted by molar-refractivity contribution is 7.98. The van der Waals surface area contributed by atoms with Gasteiger partial charge in [-0.15, -0.1) is 11.8 Å². The molecule has 1 N–H and O–H groups in total. The maximum atomic E-state index is 12.1. The van der Waals surface area contributed by atoms with Gasteiger partial charge >= 0.3 is 0 Å². The highest BCUT2D eigenvalue weighted by atomic mass is 32.2. The van der Waals surface area contributed by atoms with Crippen LogP contribution in [0.2, 0.25) is 0 Å². The molecule has 92 valence electrons. The largest absolute Gasteiger partial charge is 0.317 e. The molecule has 0 aliphatic carbocycles. The summed E-state index contributed by atoms with van der Waals surface area (Å²) in [6.07, 6.45) is 5.02. The van der Waals surface area contributed by atoms with E-state index in [2.05, 4.69) is 5.32 Å². The number of Topliss-reactive ketones (excluding diaryl/α,β-unsaturated/α-hetero) is 1. The second-order valence-corrected chi connectivity index (χ2v) is 5.43. The number of thioether (sulfide) groups is 1. The van der Waals surface area contributed by atoms with Gasteiger partial charge in [0, 0.05) is 16.9 Å². The van der Waals surface area contributed by atoms with Crippen molar-refractivity contribution in [1.82, 2.24) is 5.32 Å². The Kier molecular flexibility index (Phi) is 4.63. The van der Waals surface area contributed by atoms with Crippen molar-refractivity contribution in [2.45, 2.75) is 24.2 Å². The molecule has 0 radical (unpaired) electrons. The highest BCUT2D eigenvalue weighted by Gasteiger charge is 2.17. The first-order valence-corrected chi connectivity index (χ1v) is 7.40. The number of hydrogen-bond donors (Lipinski definition) is 1. The molecule has 17 heavy (non-hydrogen) atoms. The summed E-state index contributed by atoms with van der Waals surface area (Å²) in [7, 11) is 0. The zero-order chi connectivity index (χ0) is 12.1. The van der Waals surface area contributed by atoms with Crippen LogP contribution in [0.25, 0.3) is 0 Å². The molecule has 1 aromatic rings. The molecule has 2 rings (SSSR count). The first-order chi connectivity index (χ1) is 8.29. The number of rotatable bonds is 4. The van der Waals surface area contributed by atoms with Crippen LogP contribution >= 0.6 is 11.8 Å². The van der Waals surface area contributed by atoms with Crippen LogP contribution < -0.4 is 5.32 Å². The molecule has 0 unspecified atom stereocenters. The molecule has 0 aromatic heterocycles. The van der Waals surface area contributed by atoms with Gasteiger partial charge in [-0.2, -0.15) is 0 Å². The number of nitrogens with one attached hydrogen (secondary N) is 1. The van der Waals surface area contributed by atoms with Crippen molar-refractivity contribution < 1.29 is 4.79 Å². The van der Waals surface area contributed by atoms with Gasteiger partial charge in [-0.05, 0) is 50.2 Å². The third-order valence-corrected chi connectivity index (χ3v) is 4.09. The normalized spacial score (nSPS) is 17.0. The van der Waals surface area contributed by atoms with Crippen LogP contribution in [0.4, 0.5) is 0 Å². The quantitative estimate of drug-likeness (QED) is 0.657. The molecule has 3 heteroatoms. The van der Waals surface area contributed by atoms with Crippen molar-refractivity contribution in [3.8, 4) is 0 Å². The molecule has 0 spiro atoms. The minimum Gasteiger partial charge on any atom is -0.317 e. The van der Waals surface area contributed by atoms with Crippen molar-refractivity contribution >= 4 is 17.5 Å². The maximum Gasteiger partial charge on any atom is 0.163 e. The Bertz CT molecular complexity index is 368. The van der Waals surface area contributed by atoms with Crippen LogP contribution in [-0.4, -0.2) is 25.1 Å². The molecule has 2 nitrogen and oxygen atoms in total. The van der Waals surface area contributed by atoms with Gasteiger partial charge in [0.2, 0.25) is 0 Å². The predicted molar refractivity (Wildman–Crippen MR) is 72.8 cm³/mol. The van der Waals surface area contributed by atoms with Gasteiger partial charge in [0.25, 0.3) is 0 Å². The summed E-state index contributed by atoms with van der Waals surface area (Å²) in [5.41, 5.74) is 0.862. The topological polar surface area (TPSA) is 29.1 Å². The number of benzene rings is 1. The third-order valence-electron chi connectivity index (χ3n) is 3.34. The molecule has 0 saturated carbocycles. The lowest BCUT2D eigenvalue weighted by atomic mass is 9.91. The van der Waals surface area contributed by atoms with Gasteiger partial charge in [0.15, 0.2) is 5.78 Å². The van der Waals surface area contributed by atoms with E-state index in [1.807, 2.05) is 30.5 Å².